The van der Waals surface area contributed by atoms with Gasteiger partial charge in [0.05, 0.1) is 5.75 Å². The Morgan fingerprint density at radius 2 is 1.83 bits per heavy atom. The quantitative estimate of drug-likeness (QED) is 0.723. The van der Waals surface area contributed by atoms with Gasteiger partial charge in [-0.15, -0.1) is 0 Å². The zero-order valence-electron chi connectivity index (χ0n) is 11.5. The second kappa shape index (κ2) is 7.25. The first-order valence-corrected chi connectivity index (χ1v) is 9.70. The highest BCUT2D eigenvalue weighted by Gasteiger charge is 2.32. The predicted molar refractivity (Wildman–Crippen MR) is 80.6 cm³/mol. The highest BCUT2D eigenvalue weighted by Crippen LogP contribution is 2.37. The van der Waals surface area contributed by atoms with Crippen LogP contribution in [0.3, 0.4) is 0 Å². The number of alkyl halides is 1. The molecule has 0 heterocycles. The molecule has 0 unspecified atom stereocenters. The van der Waals surface area contributed by atoms with Gasteiger partial charge in [0.25, 0.3) is 0 Å². The van der Waals surface area contributed by atoms with E-state index in [9.17, 15) is 8.42 Å². The second-order valence-corrected chi connectivity index (χ2v) is 8.50. The molecular formula is C13H26BrNO2S. The Morgan fingerprint density at radius 1 is 1.22 bits per heavy atom. The van der Waals surface area contributed by atoms with Crippen molar-refractivity contribution in [2.24, 2.45) is 11.3 Å². The summed E-state index contributed by atoms with van der Waals surface area (Å²) in [6, 6.07) is 0. The molecule has 0 spiro atoms. The molecule has 0 atom stereocenters. The topological polar surface area (TPSA) is 46.2 Å². The lowest BCUT2D eigenvalue weighted by molar-refractivity contribution is 0.227. The van der Waals surface area contributed by atoms with Gasteiger partial charge in [-0.1, -0.05) is 49.0 Å². The summed E-state index contributed by atoms with van der Waals surface area (Å²) in [5.41, 5.74) is 0.142. The SMILES string of the molecule is CC(C)CCS(=O)(=O)NCC1(CBr)CCCCC1. The smallest absolute Gasteiger partial charge is 0.211 e. The molecule has 1 rings (SSSR count). The van der Waals surface area contributed by atoms with Crippen LogP contribution in [0.1, 0.15) is 52.4 Å². The van der Waals surface area contributed by atoms with Crippen molar-refractivity contribution in [3.8, 4) is 0 Å². The zero-order chi connectivity index (χ0) is 13.6. The monoisotopic (exact) mass is 339 g/mol. The van der Waals surface area contributed by atoms with E-state index in [0.717, 1.165) is 24.6 Å². The van der Waals surface area contributed by atoms with Crippen LogP contribution in [0.2, 0.25) is 0 Å². The van der Waals surface area contributed by atoms with E-state index in [2.05, 4.69) is 34.5 Å². The van der Waals surface area contributed by atoms with Crippen molar-refractivity contribution in [2.45, 2.75) is 52.4 Å². The van der Waals surface area contributed by atoms with Crippen LogP contribution in [0.25, 0.3) is 0 Å². The summed E-state index contributed by atoms with van der Waals surface area (Å²) in [6.07, 6.45) is 6.72. The van der Waals surface area contributed by atoms with E-state index >= 15 is 0 Å². The molecule has 0 bridgehead atoms. The normalized spacial score (nSPS) is 20.2. The van der Waals surface area contributed by atoms with Gasteiger partial charge in [-0.3, -0.25) is 0 Å². The largest absolute Gasteiger partial charge is 0.215 e. The van der Waals surface area contributed by atoms with Crippen LogP contribution in [0.15, 0.2) is 0 Å². The molecule has 0 aromatic rings. The summed E-state index contributed by atoms with van der Waals surface area (Å²) in [7, 11) is -3.10. The molecule has 0 aromatic carbocycles. The maximum absolute atomic E-state index is 11.9. The van der Waals surface area contributed by atoms with Gasteiger partial charge in [-0.25, -0.2) is 13.1 Å². The molecule has 1 aliphatic carbocycles. The fraction of sp³-hybridized carbons (Fsp3) is 1.00. The summed E-state index contributed by atoms with van der Waals surface area (Å²) in [5.74, 6) is 0.685. The molecule has 1 fully saturated rings. The van der Waals surface area contributed by atoms with Crippen LogP contribution >= 0.6 is 15.9 Å². The Kier molecular flexibility index (Phi) is 6.62. The van der Waals surface area contributed by atoms with E-state index in [1.807, 2.05) is 0 Å². The van der Waals surface area contributed by atoms with Crippen molar-refractivity contribution in [2.75, 3.05) is 17.6 Å². The van der Waals surface area contributed by atoms with Crippen molar-refractivity contribution in [3.63, 3.8) is 0 Å². The lowest BCUT2D eigenvalue weighted by atomic mass is 9.76. The minimum Gasteiger partial charge on any atom is -0.215 e. The molecule has 0 amide bonds. The third-order valence-corrected chi connectivity index (χ3v) is 6.38. The average molecular weight is 340 g/mol. The van der Waals surface area contributed by atoms with Crippen LogP contribution < -0.4 is 4.72 Å². The molecule has 1 N–H and O–H groups in total. The van der Waals surface area contributed by atoms with Gasteiger partial charge in [0, 0.05) is 11.9 Å². The lowest BCUT2D eigenvalue weighted by Crippen LogP contribution is -2.41. The number of hydrogen-bond acceptors (Lipinski definition) is 2. The van der Waals surface area contributed by atoms with Crippen LogP contribution in [0.4, 0.5) is 0 Å². The summed E-state index contributed by atoms with van der Waals surface area (Å²) in [5, 5.41) is 0.896. The Morgan fingerprint density at radius 3 is 2.33 bits per heavy atom. The highest BCUT2D eigenvalue weighted by molar-refractivity contribution is 9.09. The van der Waals surface area contributed by atoms with Gasteiger partial charge in [-0.2, -0.15) is 0 Å². The molecule has 0 saturated heterocycles. The van der Waals surface area contributed by atoms with Crippen molar-refractivity contribution in [1.29, 1.82) is 0 Å². The van der Waals surface area contributed by atoms with Crippen LogP contribution in [-0.2, 0) is 10.0 Å². The predicted octanol–water partition coefficient (Wildman–Crippen LogP) is 3.30. The van der Waals surface area contributed by atoms with E-state index in [-0.39, 0.29) is 11.2 Å². The first kappa shape index (κ1) is 16.4. The fourth-order valence-corrected chi connectivity index (χ4v) is 4.60. The van der Waals surface area contributed by atoms with Crippen molar-refractivity contribution >= 4 is 26.0 Å². The van der Waals surface area contributed by atoms with Gasteiger partial charge < -0.3 is 0 Å². The zero-order valence-corrected chi connectivity index (χ0v) is 13.9. The lowest BCUT2D eigenvalue weighted by Gasteiger charge is -2.35. The van der Waals surface area contributed by atoms with Gasteiger partial charge in [0.2, 0.25) is 10.0 Å². The average Bonchev–Trinajstić information content (AvgIpc) is 2.36. The molecule has 5 heteroatoms. The molecule has 0 radical (unpaired) electrons. The van der Waals surface area contributed by atoms with E-state index < -0.39 is 10.0 Å². The molecule has 3 nitrogen and oxygen atoms in total. The fourth-order valence-electron chi connectivity index (χ4n) is 2.39. The van der Waals surface area contributed by atoms with Gasteiger partial charge in [0.15, 0.2) is 0 Å². The maximum Gasteiger partial charge on any atom is 0.211 e. The van der Waals surface area contributed by atoms with E-state index in [0.29, 0.717) is 12.5 Å². The third-order valence-electron chi connectivity index (χ3n) is 3.83. The highest BCUT2D eigenvalue weighted by atomic mass is 79.9. The van der Waals surface area contributed by atoms with E-state index in [1.54, 1.807) is 0 Å². The third kappa shape index (κ3) is 5.57. The van der Waals surface area contributed by atoms with E-state index in [1.165, 1.54) is 19.3 Å². The Balaban J connectivity index is 2.46. The summed E-state index contributed by atoms with van der Waals surface area (Å²) < 4.78 is 26.6. The molecular weight excluding hydrogens is 314 g/mol. The molecule has 1 aliphatic rings. The second-order valence-electron chi connectivity index (χ2n) is 6.02. The van der Waals surface area contributed by atoms with Crippen LogP contribution in [0, 0.1) is 11.3 Å². The first-order valence-electron chi connectivity index (χ1n) is 6.92. The minimum atomic E-state index is -3.10. The number of nitrogens with one attached hydrogen (secondary N) is 1. The minimum absolute atomic E-state index is 0.142. The molecule has 1 saturated carbocycles. The van der Waals surface area contributed by atoms with Crippen LogP contribution in [-0.4, -0.2) is 26.0 Å². The van der Waals surface area contributed by atoms with E-state index in [4.69, 9.17) is 0 Å². The summed E-state index contributed by atoms with van der Waals surface area (Å²) in [6.45, 7) is 4.70. The Hall–Kier alpha value is 0.390. The standard InChI is InChI=1S/C13H26BrNO2S/c1-12(2)6-9-18(16,17)15-11-13(10-14)7-4-3-5-8-13/h12,15H,3-11H2,1-2H3. The molecule has 18 heavy (non-hydrogen) atoms. The molecule has 0 aromatic heterocycles. The first-order chi connectivity index (χ1) is 8.39. The summed E-state index contributed by atoms with van der Waals surface area (Å²) >= 11 is 3.56. The number of hydrogen-bond donors (Lipinski definition) is 1. The van der Waals surface area contributed by atoms with Gasteiger partial charge >= 0.3 is 0 Å². The number of halogens is 1. The Labute approximate surface area is 120 Å². The maximum atomic E-state index is 11.9. The number of sulfonamides is 1. The van der Waals surface area contributed by atoms with Crippen LogP contribution in [0.5, 0.6) is 0 Å². The van der Waals surface area contributed by atoms with Crippen molar-refractivity contribution in [1.82, 2.24) is 4.72 Å². The summed E-state index contributed by atoms with van der Waals surface area (Å²) in [4.78, 5) is 0. The molecule has 108 valence electrons. The van der Waals surface area contributed by atoms with Crippen molar-refractivity contribution < 1.29 is 8.42 Å². The van der Waals surface area contributed by atoms with Gasteiger partial charge in [-0.05, 0) is 30.6 Å². The number of rotatable bonds is 7. The molecule has 0 aliphatic heterocycles. The Bertz CT molecular complexity index is 335. The van der Waals surface area contributed by atoms with Crippen molar-refractivity contribution in [3.05, 3.63) is 0 Å². The van der Waals surface area contributed by atoms with Gasteiger partial charge in [0.1, 0.15) is 0 Å².